The first-order valence-corrected chi connectivity index (χ1v) is 5.77. The summed E-state index contributed by atoms with van der Waals surface area (Å²) in [5.41, 5.74) is 4.33. The number of hydrazine groups is 1. The molecule has 0 fully saturated rings. The van der Waals surface area contributed by atoms with E-state index in [0.29, 0.717) is 11.5 Å². The van der Waals surface area contributed by atoms with E-state index in [0.717, 1.165) is 5.56 Å². The third kappa shape index (κ3) is 2.46. The van der Waals surface area contributed by atoms with Gasteiger partial charge in [0.05, 0.1) is 18.6 Å². The molecule has 1 atom stereocenters. The predicted molar refractivity (Wildman–Crippen MR) is 75.5 cm³/mol. The van der Waals surface area contributed by atoms with Gasteiger partial charge in [-0.2, -0.15) is 0 Å². The van der Waals surface area contributed by atoms with Crippen LogP contribution in [-0.2, 0) is 6.61 Å². The number of rotatable bonds is 3. The van der Waals surface area contributed by atoms with Crippen molar-refractivity contribution < 1.29 is 10.2 Å². The Bertz CT molecular complexity index is 584. The Morgan fingerprint density at radius 3 is 2.80 bits per heavy atom. The third-order valence-electron chi connectivity index (χ3n) is 2.90. The molecule has 0 aromatic carbocycles. The molecule has 3 heterocycles. The van der Waals surface area contributed by atoms with Gasteiger partial charge in [-0.15, -0.1) is 12.4 Å². The Kier molecular flexibility index (Phi) is 4.23. The largest absolute Gasteiger partial charge is 0.392 e. The van der Waals surface area contributed by atoms with E-state index >= 15 is 0 Å². The van der Waals surface area contributed by atoms with Crippen LogP contribution >= 0.6 is 12.4 Å². The van der Waals surface area contributed by atoms with E-state index in [1.54, 1.807) is 47.8 Å². The summed E-state index contributed by atoms with van der Waals surface area (Å²) in [5, 5.41) is 20.8. The number of nitrogens with one attached hydrogen (secondary N) is 1. The molecule has 1 unspecified atom stereocenters. The highest BCUT2D eigenvalue weighted by molar-refractivity contribution is 5.85. The van der Waals surface area contributed by atoms with Crippen LogP contribution in [0.4, 0.5) is 5.82 Å². The number of pyridine rings is 1. The van der Waals surface area contributed by atoms with Gasteiger partial charge < -0.3 is 14.8 Å². The normalized spacial score (nSPS) is 17.4. The lowest BCUT2D eigenvalue weighted by Crippen LogP contribution is -2.39. The van der Waals surface area contributed by atoms with Crippen molar-refractivity contribution in [1.29, 1.82) is 0 Å². The van der Waals surface area contributed by atoms with Crippen LogP contribution in [0.5, 0.6) is 0 Å². The molecular formula is C12H14ClN5O2. The van der Waals surface area contributed by atoms with E-state index in [4.69, 9.17) is 5.11 Å². The van der Waals surface area contributed by atoms with Gasteiger partial charge in [-0.05, 0) is 11.6 Å². The van der Waals surface area contributed by atoms with E-state index in [9.17, 15) is 5.11 Å². The Hall–Kier alpha value is -2.09. The second-order valence-corrected chi connectivity index (χ2v) is 4.09. The number of aliphatic hydroxyl groups excluding tert-OH is 2. The Morgan fingerprint density at radius 1 is 1.35 bits per heavy atom. The number of anilines is 1. The van der Waals surface area contributed by atoms with E-state index < -0.39 is 6.23 Å². The van der Waals surface area contributed by atoms with Crippen molar-refractivity contribution in [2.45, 2.75) is 12.8 Å². The first-order chi connectivity index (χ1) is 9.29. The molecular weight excluding hydrogens is 282 g/mol. The lowest BCUT2D eigenvalue weighted by Gasteiger charge is -2.23. The molecule has 0 bridgehead atoms. The number of hydrogen-bond acceptors (Lipinski definition) is 6. The molecule has 2 aromatic rings. The Balaban J connectivity index is 0.00000147. The molecule has 0 saturated heterocycles. The molecule has 2 aromatic heterocycles. The average Bonchev–Trinajstić information content (AvgIpc) is 3.08. The maximum atomic E-state index is 10.3. The summed E-state index contributed by atoms with van der Waals surface area (Å²) in [6, 6.07) is 3.48. The molecule has 3 rings (SSSR count). The highest BCUT2D eigenvalue weighted by Crippen LogP contribution is 2.22. The second-order valence-electron chi connectivity index (χ2n) is 4.09. The van der Waals surface area contributed by atoms with Crippen molar-refractivity contribution >= 4 is 23.9 Å². The number of aliphatic hydroxyl groups is 2. The van der Waals surface area contributed by atoms with Gasteiger partial charge in [-0.1, -0.05) is 6.07 Å². The highest BCUT2D eigenvalue weighted by atomic mass is 35.5. The zero-order valence-electron chi connectivity index (χ0n) is 10.4. The van der Waals surface area contributed by atoms with Crippen LogP contribution in [0.15, 0.2) is 43.3 Å². The van der Waals surface area contributed by atoms with Crippen molar-refractivity contribution in [3.05, 3.63) is 48.8 Å². The number of hydrogen-bond donors (Lipinski definition) is 3. The molecule has 3 N–H and O–H groups in total. The molecule has 0 radical (unpaired) electrons. The van der Waals surface area contributed by atoms with E-state index in [1.165, 1.54) is 5.01 Å². The van der Waals surface area contributed by atoms with Gasteiger partial charge in [0, 0.05) is 24.8 Å². The van der Waals surface area contributed by atoms with Crippen LogP contribution in [0.25, 0.3) is 5.70 Å². The van der Waals surface area contributed by atoms with Gasteiger partial charge in [0.2, 0.25) is 0 Å². The molecule has 1 aliphatic rings. The summed E-state index contributed by atoms with van der Waals surface area (Å²) >= 11 is 0. The summed E-state index contributed by atoms with van der Waals surface area (Å²) < 4.78 is 1.72. The van der Waals surface area contributed by atoms with Crippen molar-refractivity contribution in [1.82, 2.24) is 20.0 Å². The molecule has 8 heteroatoms. The van der Waals surface area contributed by atoms with E-state index in [-0.39, 0.29) is 19.0 Å². The summed E-state index contributed by atoms with van der Waals surface area (Å²) in [7, 11) is 0. The number of aromatic nitrogens is 3. The number of nitrogens with zero attached hydrogens (tertiary/aromatic N) is 4. The van der Waals surface area contributed by atoms with Crippen molar-refractivity contribution in [2.24, 2.45) is 0 Å². The van der Waals surface area contributed by atoms with Crippen LogP contribution in [0.2, 0.25) is 0 Å². The topological polar surface area (TPSA) is 86.4 Å². The average molecular weight is 296 g/mol. The maximum absolute atomic E-state index is 10.3. The van der Waals surface area contributed by atoms with Crippen molar-refractivity contribution in [2.75, 3.05) is 5.01 Å². The summed E-state index contributed by atoms with van der Waals surface area (Å²) in [4.78, 5) is 8.13. The van der Waals surface area contributed by atoms with Gasteiger partial charge in [-0.3, -0.25) is 5.43 Å². The van der Waals surface area contributed by atoms with Gasteiger partial charge >= 0.3 is 0 Å². The van der Waals surface area contributed by atoms with Gasteiger partial charge in [0.1, 0.15) is 5.82 Å². The Morgan fingerprint density at radius 2 is 2.20 bits per heavy atom. The maximum Gasteiger partial charge on any atom is 0.190 e. The van der Waals surface area contributed by atoms with Crippen LogP contribution in [0, 0.1) is 0 Å². The van der Waals surface area contributed by atoms with Crippen LogP contribution in [-0.4, -0.2) is 31.0 Å². The number of imidazole rings is 1. The van der Waals surface area contributed by atoms with Crippen molar-refractivity contribution in [3.63, 3.8) is 0 Å². The fourth-order valence-electron chi connectivity index (χ4n) is 1.88. The SMILES string of the molecule is Cl.OCc1ccc(N2NC=C(n3ccnc3)C2O)nc1. The third-order valence-corrected chi connectivity index (χ3v) is 2.90. The minimum Gasteiger partial charge on any atom is -0.392 e. The second kappa shape index (κ2) is 5.91. The number of halogens is 1. The fourth-order valence-corrected chi connectivity index (χ4v) is 1.88. The lowest BCUT2D eigenvalue weighted by atomic mass is 10.3. The van der Waals surface area contributed by atoms with Gasteiger partial charge in [0.25, 0.3) is 0 Å². The van der Waals surface area contributed by atoms with E-state index in [1.807, 2.05) is 0 Å². The van der Waals surface area contributed by atoms with Gasteiger partial charge in [0.15, 0.2) is 6.23 Å². The minimum absolute atomic E-state index is 0. The van der Waals surface area contributed by atoms with Gasteiger partial charge in [-0.25, -0.2) is 15.0 Å². The Labute approximate surface area is 121 Å². The standard InChI is InChI=1S/C12H13N5O2.ClH/c18-7-9-1-2-11(14-5-9)17-12(19)10(6-15-17)16-4-3-13-8-16;/h1-6,8,12,15,18-19H,7H2;1H. The molecule has 0 amide bonds. The van der Waals surface area contributed by atoms with Crippen molar-refractivity contribution in [3.8, 4) is 0 Å². The molecule has 7 nitrogen and oxygen atoms in total. The molecule has 106 valence electrons. The minimum atomic E-state index is -0.860. The molecule has 0 aliphatic carbocycles. The zero-order chi connectivity index (χ0) is 13.2. The van der Waals surface area contributed by atoms with Crippen LogP contribution in [0.3, 0.4) is 0 Å². The molecule has 1 aliphatic heterocycles. The summed E-state index contributed by atoms with van der Waals surface area (Å²) in [5.74, 6) is 0.566. The lowest BCUT2D eigenvalue weighted by molar-refractivity contribution is 0.220. The monoisotopic (exact) mass is 295 g/mol. The quantitative estimate of drug-likeness (QED) is 0.757. The summed E-state index contributed by atoms with van der Waals surface area (Å²) in [6.07, 6.45) is 7.41. The molecule has 20 heavy (non-hydrogen) atoms. The van der Waals surface area contributed by atoms with E-state index in [2.05, 4.69) is 15.4 Å². The predicted octanol–water partition coefficient (Wildman–Crippen LogP) is 0.334. The fraction of sp³-hybridized carbons (Fsp3) is 0.167. The zero-order valence-corrected chi connectivity index (χ0v) is 11.2. The highest BCUT2D eigenvalue weighted by Gasteiger charge is 2.27. The molecule has 0 saturated carbocycles. The molecule has 0 spiro atoms. The van der Waals surface area contributed by atoms with Crippen LogP contribution < -0.4 is 10.4 Å². The first-order valence-electron chi connectivity index (χ1n) is 5.77. The smallest absolute Gasteiger partial charge is 0.190 e. The first kappa shape index (κ1) is 14.3. The van der Waals surface area contributed by atoms with Crippen LogP contribution in [0.1, 0.15) is 5.56 Å². The summed E-state index contributed by atoms with van der Waals surface area (Å²) in [6.45, 7) is -0.0538.